The van der Waals surface area contributed by atoms with Gasteiger partial charge >= 0.3 is 0 Å². The summed E-state index contributed by atoms with van der Waals surface area (Å²) in [6, 6.07) is 1.27. The minimum atomic E-state index is 0.399. The molecule has 0 spiro atoms. The molecule has 1 aliphatic rings. The van der Waals surface area contributed by atoms with E-state index in [4.69, 9.17) is 5.73 Å². The largest absolute Gasteiger partial charge is 0.327 e. The molecule has 1 rings (SSSR count). The van der Waals surface area contributed by atoms with E-state index < -0.39 is 0 Å². The molecule has 0 amide bonds. The molecule has 72 valence electrons. The van der Waals surface area contributed by atoms with E-state index in [2.05, 4.69) is 18.7 Å². The summed E-state index contributed by atoms with van der Waals surface area (Å²) in [5.74, 6) is 0. The van der Waals surface area contributed by atoms with E-state index in [0.717, 1.165) is 12.6 Å². The van der Waals surface area contributed by atoms with Crippen LogP contribution in [0.3, 0.4) is 0 Å². The Labute approximate surface area is 76.1 Å². The van der Waals surface area contributed by atoms with Gasteiger partial charge in [-0.1, -0.05) is 20.3 Å². The van der Waals surface area contributed by atoms with Gasteiger partial charge in [0.25, 0.3) is 0 Å². The maximum absolute atomic E-state index is 5.98. The normalized spacial score (nSPS) is 20.0. The van der Waals surface area contributed by atoms with Crippen molar-refractivity contribution in [2.75, 3.05) is 13.1 Å². The maximum Gasteiger partial charge on any atom is 0.0167 e. The predicted molar refractivity (Wildman–Crippen MR) is 53.2 cm³/mol. The summed E-state index contributed by atoms with van der Waals surface area (Å²) in [7, 11) is 0. The monoisotopic (exact) mass is 170 g/mol. The van der Waals surface area contributed by atoms with Gasteiger partial charge in [-0.05, 0) is 25.8 Å². The van der Waals surface area contributed by atoms with Gasteiger partial charge in [-0.15, -0.1) is 0 Å². The zero-order valence-electron chi connectivity index (χ0n) is 8.42. The van der Waals surface area contributed by atoms with Crippen molar-refractivity contribution in [2.24, 2.45) is 5.73 Å². The number of hydrogen-bond acceptors (Lipinski definition) is 2. The van der Waals surface area contributed by atoms with Crippen LogP contribution in [0.4, 0.5) is 0 Å². The van der Waals surface area contributed by atoms with Gasteiger partial charge in [-0.3, -0.25) is 4.90 Å². The third-order valence-electron chi connectivity index (χ3n) is 2.60. The molecular weight excluding hydrogens is 148 g/mol. The fraction of sp³-hybridized carbons (Fsp3) is 1.00. The highest BCUT2D eigenvalue weighted by molar-refractivity contribution is 4.85. The number of rotatable bonds is 6. The lowest BCUT2D eigenvalue weighted by atomic mass is 10.1. The lowest BCUT2D eigenvalue weighted by Crippen LogP contribution is -2.38. The third-order valence-corrected chi connectivity index (χ3v) is 2.60. The smallest absolute Gasteiger partial charge is 0.0167 e. The molecule has 1 atom stereocenters. The highest BCUT2D eigenvalue weighted by atomic mass is 15.2. The Morgan fingerprint density at radius 3 is 2.50 bits per heavy atom. The standard InChI is InChI=1S/C10H22N2/c1-3-5-9(11)8-12(4-2)10-6-7-10/h9-10H,3-8,11H2,1-2H3. The molecule has 0 aromatic rings. The first-order valence-corrected chi connectivity index (χ1v) is 5.27. The zero-order valence-corrected chi connectivity index (χ0v) is 8.42. The van der Waals surface area contributed by atoms with Crippen molar-refractivity contribution in [1.82, 2.24) is 4.90 Å². The van der Waals surface area contributed by atoms with Gasteiger partial charge in [0.2, 0.25) is 0 Å². The van der Waals surface area contributed by atoms with Crippen molar-refractivity contribution in [3.63, 3.8) is 0 Å². The van der Waals surface area contributed by atoms with Gasteiger partial charge in [0.1, 0.15) is 0 Å². The molecule has 0 aliphatic heterocycles. The molecule has 0 radical (unpaired) electrons. The summed E-state index contributed by atoms with van der Waals surface area (Å²) in [6.07, 6.45) is 5.17. The first-order chi connectivity index (χ1) is 5.77. The maximum atomic E-state index is 5.98. The highest BCUT2D eigenvalue weighted by Gasteiger charge is 2.28. The molecule has 2 heteroatoms. The molecule has 0 heterocycles. The Morgan fingerprint density at radius 2 is 2.08 bits per heavy atom. The topological polar surface area (TPSA) is 29.3 Å². The lowest BCUT2D eigenvalue weighted by molar-refractivity contribution is 0.255. The minimum absolute atomic E-state index is 0.399. The number of nitrogens with two attached hydrogens (primary N) is 1. The first kappa shape index (κ1) is 10.0. The Bertz CT molecular complexity index is 121. The molecule has 0 aromatic heterocycles. The van der Waals surface area contributed by atoms with E-state index in [0.29, 0.717) is 6.04 Å². The molecule has 1 saturated carbocycles. The van der Waals surface area contributed by atoms with E-state index in [9.17, 15) is 0 Å². The Balaban J connectivity index is 2.16. The minimum Gasteiger partial charge on any atom is -0.327 e. The van der Waals surface area contributed by atoms with Gasteiger partial charge in [-0.2, -0.15) is 0 Å². The molecule has 2 nitrogen and oxygen atoms in total. The summed E-state index contributed by atoms with van der Waals surface area (Å²) in [6.45, 7) is 6.71. The van der Waals surface area contributed by atoms with E-state index >= 15 is 0 Å². The van der Waals surface area contributed by atoms with Crippen LogP contribution < -0.4 is 5.73 Å². The van der Waals surface area contributed by atoms with Crippen LogP contribution in [0.5, 0.6) is 0 Å². The molecular formula is C10H22N2. The van der Waals surface area contributed by atoms with Crippen LogP contribution in [0.1, 0.15) is 39.5 Å². The molecule has 12 heavy (non-hydrogen) atoms. The molecule has 0 bridgehead atoms. The van der Waals surface area contributed by atoms with Crippen LogP contribution in [0, 0.1) is 0 Å². The van der Waals surface area contributed by atoms with Crippen molar-refractivity contribution in [1.29, 1.82) is 0 Å². The van der Waals surface area contributed by atoms with Gasteiger partial charge in [-0.25, -0.2) is 0 Å². The van der Waals surface area contributed by atoms with Crippen LogP contribution in [0.15, 0.2) is 0 Å². The lowest BCUT2D eigenvalue weighted by Gasteiger charge is -2.23. The second-order valence-corrected chi connectivity index (χ2v) is 3.87. The zero-order chi connectivity index (χ0) is 8.97. The molecule has 0 aromatic carbocycles. The van der Waals surface area contributed by atoms with Crippen LogP contribution in [-0.2, 0) is 0 Å². The van der Waals surface area contributed by atoms with Gasteiger partial charge in [0, 0.05) is 18.6 Å². The van der Waals surface area contributed by atoms with Gasteiger partial charge in [0.15, 0.2) is 0 Å². The second-order valence-electron chi connectivity index (χ2n) is 3.87. The average molecular weight is 170 g/mol. The summed E-state index contributed by atoms with van der Waals surface area (Å²) >= 11 is 0. The highest BCUT2D eigenvalue weighted by Crippen LogP contribution is 2.26. The van der Waals surface area contributed by atoms with Crippen molar-refractivity contribution in [2.45, 2.75) is 51.6 Å². The summed E-state index contributed by atoms with van der Waals surface area (Å²) in [5.41, 5.74) is 5.98. The predicted octanol–water partition coefficient (Wildman–Crippen LogP) is 1.60. The van der Waals surface area contributed by atoms with Crippen LogP contribution >= 0.6 is 0 Å². The summed E-state index contributed by atoms with van der Waals surface area (Å²) in [4.78, 5) is 2.53. The number of hydrogen-bond donors (Lipinski definition) is 1. The molecule has 1 fully saturated rings. The summed E-state index contributed by atoms with van der Waals surface area (Å²) in [5, 5.41) is 0. The fourth-order valence-corrected chi connectivity index (χ4v) is 1.74. The van der Waals surface area contributed by atoms with Gasteiger partial charge < -0.3 is 5.73 Å². The van der Waals surface area contributed by atoms with Crippen molar-refractivity contribution in [3.05, 3.63) is 0 Å². The first-order valence-electron chi connectivity index (χ1n) is 5.27. The van der Waals surface area contributed by atoms with Crippen molar-refractivity contribution in [3.8, 4) is 0 Å². The summed E-state index contributed by atoms with van der Waals surface area (Å²) < 4.78 is 0. The Kier molecular flexibility index (Phi) is 4.02. The van der Waals surface area contributed by atoms with E-state index in [-0.39, 0.29) is 0 Å². The number of nitrogens with zero attached hydrogens (tertiary/aromatic N) is 1. The van der Waals surface area contributed by atoms with Crippen LogP contribution in [0.25, 0.3) is 0 Å². The van der Waals surface area contributed by atoms with E-state index in [1.165, 1.54) is 32.2 Å². The van der Waals surface area contributed by atoms with Crippen LogP contribution in [-0.4, -0.2) is 30.1 Å². The SMILES string of the molecule is CCCC(N)CN(CC)C1CC1. The van der Waals surface area contributed by atoms with Gasteiger partial charge in [0.05, 0.1) is 0 Å². The molecule has 1 aliphatic carbocycles. The van der Waals surface area contributed by atoms with Crippen LogP contribution in [0.2, 0.25) is 0 Å². The Morgan fingerprint density at radius 1 is 1.42 bits per heavy atom. The molecule has 2 N–H and O–H groups in total. The van der Waals surface area contributed by atoms with E-state index in [1.807, 2.05) is 0 Å². The third kappa shape index (κ3) is 3.11. The fourth-order valence-electron chi connectivity index (χ4n) is 1.74. The van der Waals surface area contributed by atoms with E-state index in [1.54, 1.807) is 0 Å². The molecule has 0 saturated heterocycles. The average Bonchev–Trinajstić information content (AvgIpc) is 2.83. The van der Waals surface area contributed by atoms with Crippen molar-refractivity contribution >= 4 is 0 Å². The number of likely N-dealkylation sites (N-methyl/N-ethyl adjacent to an activating group) is 1. The second kappa shape index (κ2) is 4.83. The quantitative estimate of drug-likeness (QED) is 0.656. The van der Waals surface area contributed by atoms with Crippen molar-refractivity contribution < 1.29 is 0 Å². The molecule has 1 unspecified atom stereocenters. The Hall–Kier alpha value is -0.0800.